The number of carbonyl (C=O) groups is 1. The van der Waals surface area contributed by atoms with Crippen molar-refractivity contribution in [3.8, 4) is 6.07 Å². The van der Waals surface area contributed by atoms with Crippen LogP contribution < -0.4 is 10.6 Å². The molecule has 118 valence electrons. The van der Waals surface area contributed by atoms with Crippen LogP contribution in [0.5, 0.6) is 0 Å². The second-order valence-corrected chi connectivity index (χ2v) is 5.91. The first-order valence-corrected chi connectivity index (χ1v) is 7.26. The van der Waals surface area contributed by atoms with Crippen molar-refractivity contribution >= 4 is 5.91 Å². The molecule has 1 aromatic rings. The first-order valence-electron chi connectivity index (χ1n) is 7.26. The minimum Gasteiger partial charge on any atom is -0.337 e. The number of benzene rings is 1. The van der Waals surface area contributed by atoms with Crippen LogP contribution in [0.4, 0.5) is 8.78 Å². The number of rotatable bonds is 6. The quantitative estimate of drug-likeness (QED) is 0.848. The molecule has 4 nitrogen and oxygen atoms in total. The first kappa shape index (κ1) is 16.4. The molecule has 1 saturated carbocycles. The minimum atomic E-state index is -0.915. The normalized spacial score (nSPS) is 18.1. The molecule has 1 aliphatic carbocycles. The number of hydrogen-bond acceptors (Lipinski definition) is 3. The van der Waals surface area contributed by atoms with Gasteiger partial charge in [-0.2, -0.15) is 5.26 Å². The summed E-state index contributed by atoms with van der Waals surface area (Å²) in [6.45, 7) is 3.48. The van der Waals surface area contributed by atoms with Crippen molar-refractivity contribution in [1.29, 1.82) is 5.26 Å². The molecule has 0 aromatic heterocycles. The maximum absolute atomic E-state index is 13.2. The summed E-state index contributed by atoms with van der Waals surface area (Å²) in [5.74, 6) is -1.89. The van der Waals surface area contributed by atoms with Gasteiger partial charge < -0.3 is 10.6 Å². The molecule has 0 radical (unpaired) electrons. The number of carbonyl (C=O) groups excluding carboxylic acids is 1. The van der Waals surface area contributed by atoms with E-state index in [2.05, 4.69) is 16.7 Å². The maximum atomic E-state index is 13.2. The fourth-order valence-corrected chi connectivity index (χ4v) is 2.36. The van der Waals surface area contributed by atoms with E-state index in [4.69, 9.17) is 0 Å². The van der Waals surface area contributed by atoms with Gasteiger partial charge in [0.05, 0.1) is 12.6 Å². The summed E-state index contributed by atoms with van der Waals surface area (Å²) in [7, 11) is 0. The highest BCUT2D eigenvalue weighted by atomic mass is 19.2. The topological polar surface area (TPSA) is 64.9 Å². The maximum Gasteiger partial charge on any atom is 0.235 e. The van der Waals surface area contributed by atoms with E-state index in [9.17, 15) is 18.8 Å². The van der Waals surface area contributed by atoms with E-state index in [1.54, 1.807) is 13.8 Å². The Kier molecular flexibility index (Phi) is 4.77. The molecule has 2 atom stereocenters. The fourth-order valence-electron chi connectivity index (χ4n) is 2.36. The standard InChI is InChI=1S/C16H19F2N3O/c1-10(11-3-6-13(17)14(18)7-11)20-8-15(22)21-16(2,9-19)12-4-5-12/h3,6-7,10,12,20H,4-5,8H2,1-2H3,(H,21,22)/t10-,16-/m1/s1. The summed E-state index contributed by atoms with van der Waals surface area (Å²) >= 11 is 0. The van der Waals surface area contributed by atoms with Crippen LogP contribution in [0.15, 0.2) is 18.2 Å². The molecular weight excluding hydrogens is 288 g/mol. The Morgan fingerprint density at radius 2 is 2.14 bits per heavy atom. The minimum absolute atomic E-state index is 0.00412. The van der Waals surface area contributed by atoms with Gasteiger partial charge in [-0.25, -0.2) is 8.78 Å². The van der Waals surface area contributed by atoms with Crippen molar-refractivity contribution in [1.82, 2.24) is 10.6 Å². The van der Waals surface area contributed by atoms with E-state index in [1.807, 2.05) is 0 Å². The van der Waals surface area contributed by atoms with Gasteiger partial charge in [0.2, 0.25) is 5.91 Å². The monoisotopic (exact) mass is 307 g/mol. The fraction of sp³-hybridized carbons (Fsp3) is 0.500. The Hall–Kier alpha value is -2.00. The van der Waals surface area contributed by atoms with Gasteiger partial charge in [-0.1, -0.05) is 6.07 Å². The summed E-state index contributed by atoms with van der Waals surface area (Å²) in [5.41, 5.74) is -0.277. The molecule has 0 heterocycles. The van der Waals surface area contributed by atoms with Crippen molar-refractivity contribution in [2.75, 3.05) is 6.54 Å². The lowest BCUT2D eigenvalue weighted by atomic mass is 9.98. The van der Waals surface area contributed by atoms with E-state index in [-0.39, 0.29) is 24.4 Å². The molecule has 22 heavy (non-hydrogen) atoms. The highest BCUT2D eigenvalue weighted by Crippen LogP contribution is 2.39. The third-order valence-electron chi connectivity index (χ3n) is 4.04. The lowest BCUT2D eigenvalue weighted by molar-refractivity contribution is -0.121. The molecule has 0 bridgehead atoms. The third kappa shape index (κ3) is 3.80. The zero-order valence-corrected chi connectivity index (χ0v) is 12.6. The molecular formula is C16H19F2N3O. The number of nitrogens with one attached hydrogen (secondary N) is 2. The van der Waals surface area contributed by atoms with Gasteiger partial charge in [-0.05, 0) is 50.3 Å². The van der Waals surface area contributed by atoms with Crippen LogP contribution in [0, 0.1) is 28.9 Å². The Bertz CT molecular complexity index is 610. The molecule has 1 aliphatic rings. The van der Waals surface area contributed by atoms with Crippen LogP contribution in [0.3, 0.4) is 0 Å². The number of amides is 1. The zero-order chi connectivity index (χ0) is 16.3. The summed E-state index contributed by atoms with van der Waals surface area (Å²) in [4.78, 5) is 11.9. The van der Waals surface area contributed by atoms with Gasteiger partial charge in [0.15, 0.2) is 11.6 Å². The van der Waals surface area contributed by atoms with E-state index in [1.165, 1.54) is 6.07 Å². The Labute approximate surface area is 128 Å². The average molecular weight is 307 g/mol. The SMILES string of the molecule is C[C@@H](NCC(=O)N[C@](C)(C#N)C1CC1)c1ccc(F)c(F)c1. The van der Waals surface area contributed by atoms with Crippen LogP contribution in [0.2, 0.25) is 0 Å². The van der Waals surface area contributed by atoms with Crippen molar-refractivity contribution in [2.45, 2.75) is 38.3 Å². The van der Waals surface area contributed by atoms with Gasteiger partial charge in [0.25, 0.3) is 0 Å². The molecule has 0 aliphatic heterocycles. The number of nitrogens with zero attached hydrogens (tertiary/aromatic N) is 1. The van der Waals surface area contributed by atoms with Crippen molar-refractivity contribution < 1.29 is 13.6 Å². The summed E-state index contributed by atoms with van der Waals surface area (Å²) in [6.07, 6.45) is 1.89. The van der Waals surface area contributed by atoms with E-state index < -0.39 is 17.2 Å². The van der Waals surface area contributed by atoms with Crippen molar-refractivity contribution in [3.63, 3.8) is 0 Å². The molecule has 6 heteroatoms. The molecule has 1 fully saturated rings. The molecule has 2 N–H and O–H groups in total. The van der Waals surface area contributed by atoms with Crippen LogP contribution >= 0.6 is 0 Å². The van der Waals surface area contributed by atoms with Crippen LogP contribution in [0.1, 0.15) is 38.3 Å². The Morgan fingerprint density at radius 1 is 1.45 bits per heavy atom. The average Bonchev–Trinajstić information content (AvgIpc) is 3.32. The van der Waals surface area contributed by atoms with Gasteiger partial charge in [-0.15, -0.1) is 0 Å². The van der Waals surface area contributed by atoms with Gasteiger partial charge in [-0.3, -0.25) is 4.79 Å². The summed E-state index contributed by atoms with van der Waals surface area (Å²) in [5, 5.41) is 14.9. The van der Waals surface area contributed by atoms with Gasteiger partial charge in [0.1, 0.15) is 5.54 Å². The number of hydrogen-bond donors (Lipinski definition) is 2. The Balaban J connectivity index is 1.87. The smallest absolute Gasteiger partial charge is 0.235 e. The number of nitriles is 1. The Morgan fingerprint density at radius 3 is 2.68 bits per heavy atom. The molecule has 2 rings (SSSR count). The van der Waals surface area contributed by atoms with Crippen LogP contribution in [-0.4, -0.2) is 18.0 Å². The third-order valence-corrected chi connectivity index (χ3v) is 4.04. The number of halogens is 2. The second kappa shape index (κ2) is 6.41. The highest BCUT2D eigenvalue weighted by molar-refractivity contribution is 5.79. The van der Waals surface area contributed by atoms with Gasteiger partial charge >= 0.3 is 0 Å². The van der Waals surface area contributed by atoms with Gasteiger partial charge in [0, 0.05) is 6.04 Å². The van der Waals surface area contributed by atoms with Crippen molar-refractivity contribution in [2.24, 2.45) is 5.92 Å². The zero-order valence-electron chi connectivity index (χ0n) is 12.6. The van der Waals surface area contributed by atoms with Crippen LogP contribution in [0.25, 0.3) is 0 Å². The molecule has 0 spiro atoms. The van der Waals surface area contributed by atoms with Crippen LogP contribution in [-0.2, 0) is 4.79 Å². The lowest BCUT2D eigenvalue weighted by Crippen LogP contribution is -2.49. The van der Waals surface area contributed by atoms with E-state index in [0.29, 0.717) is 5.56 Å². The molecule has 0 unspecified atom stereocenters. The largest absolute Gasteiger partial charge is 0.337 e. The highest BCUT2D eigenvalue weighted by Gasteiger charge is 2.42. The first-order chi connectivity index (χ1) is 10.4. The van der Waals surface area contributed by atoms with E-state index in [0.717, 1.165) is 25.0 Å². The molecule has 0 saturated heterocycles. The van der Waals surface area contributed by atoms with E-state index >= 15 is 0 Å². The molecule has 1 amide bonds. The second-order valence-electron chi connectivity index (χ2n) is 5.91. The lowest BCUT2D eigenvalue weighted by Gasteiger charge is -2.23. The summed E-state index contributed by atoms with van der Waals surface area (Å²) in [6, 6.07) is 5.48. The predicted molar refractivity (Wildman–Crippen MR) is 77.7 cm³/mol. The predicted octanol–water partition coefficient (Wildman–Crippen LogP) is 2.42. The summed E-state index contributed by atoms with van der Waals surface area (Å²) < 4.78 is 26.1. The van der Waals surface area contributed by atoms with Crippen molar-refractivity contribution in [3.05, 3.63) is 35.4 Å². The molecule has 1 aromatic carbocycles.